The van der Waals surface area contributed by atoms with Crippen LogP contribution < -0.4 is 5.32 Å². The molecular weight excluding hydrogens is 265 g/mol. The average molecular weight is 291 g/mol. The standard InChI is InChI=1S/C17H26FN3/c1-20-10-4-5-14-13-21(11-8-17(14)20)12-9-19-16-7-3-2-6-15(16)18/h2-3,6-7,14,17,19H,4-5,8-13H2,1H3. The van der Waals surface area contributed by atoms with E-state index >= 15 is 0 Å². The number of anilines is 1. The van der Waals surface area contributed by atoms with Gasteiger partial charge in [-0.05, 0) is 57.5 Å². The predicted molar refractivity (Wildman–Crippen MR) is 85.1 cm³/mol. The number of halogens is 1. The third-order valence-corrected chi connectivity index (χ3v) is 5.05. The maximum atomic E-state index is 13.5. The summed E-state index contributed by atoms with van der Waals surface area (Å²) in [6.45, 7) is 5.45. The zero-order valence-electron chi connectivity index (χ0n) is 12.9. The molecule has 21 heavy (non-hydrogen) atoms. The molecule has 2 saturated heterocycles. The van der Waals surface area contributed by atoms with Gasteiger partial charge in [-0.2, -0.15) is 0 Å². The molecule has 2 unspecified atom stereocenters. The Bertz CT molecular complexity index is 465. The third kappa shape index (κ3) is 3.55. The van der Waals surface area contributed by atoms with Gasteiger partial charge in [-0.15, -0.1) is 0 Å². The Labute approximate surface area is 127 Å². The monoisotopic (exact) mass is 291 g/mol. The smallest absolute Gasteiger partial charge is 0.146 e. The first-order valence-electron chi connectivity index (χ1n) is 8.15. The van der Waals surface area contributed by atoms with Gasteiger partial charge in [-0.3, -0.25) is 0 Å². The molecule has 3 nitrogen and oxygen atoms in total. The van der Waals surface area contributed by atoms with Crippen LogP contribution in [0.5, 0.6) is 0 Å². The van der Waals surface area contributed by atoms with E-state index in [1.54, 1.807) is 12.1 Å². The van der Waals surface area contributed by atoms with Crippen LogP contribution in [0, 0.1) is 11.7 Å². The molecule has 0 aromatic heterocycles. The number of likely N-dealkylation sites (tertiary alicyclic amines) is 2. The third-order valence-electron chi connectivity index (χ3n) is 5.05. The summed E-state index contributed by atoms with van der Waals surface area (Å²) >= 11 is 0. The van der Waals surface area contributed by atoms with Crippen molar-refractivity contribution in [3.63, 3.8) is 0 Å². The van der Waals surface area contributed by atoms with Gasteiger partial charge in [0, 0.05) is 25.7 Å². The number of hydrogen-bond acceptors (Lipinski definition) is 3. The largest absolute Gasteiger partial charge is 0.381 e. The summed E-state index contributed by atoms with van der Waals surface area (Å²) in [5.41, 5.74) is 0.616. The number of fused-ring (bicyclic) bond motifs is 1. The van der Waals surface area contributed by atoms with E-state index in [0.29, 0.717) is 5.69 Å². The van der Waals surface area contributed by atoms with Crippen LogP contribution >= 0.6 is 0 Å². The minimum absolute atomic E-state index is 0.162. The minimum atomic E-state index is -0.162. The van der Waals surface area contributed by atoms with Crippen molar-refractivity contribution in [3.05, 3.63) is 30.1 Å². The molecule has 3 rings (SSSR count). The van der Waals surface area contributed by atoms with Crippen molar-refractivity contribution in [1.82, 2.24) is 9.80 Å². The first-order chi connectivity index (χ1) is 10.2. The van der Waals surface area contributed by atoms with Crippen LogP contribution in [0.25, 0.3) is 0 Å². The maximum absolute atomic E-state index is 13.5. The van der Waals surface area contributed by atoms with Crippen LogP contribution in [0.15, 0.2) is 24.3 Å². The van der Waals surface area contributed by atoms with Gasteiger partial charge in [-0.1, -0.05) is 12.1 Å². The van der Waals surface area contributed by atoms with Gasteiger partial charge in [-0.25, -0.2) is 4.39 Å². The molecule has 116 valence electrons. The zero-order valence-corrected chi connectivity index (χ0v) is 12.9. The molecule has 2 atom stereocenters. The predicted octanol–water partition coefficient (Wildman–Crippen LogP) is 2.65. The Kier molecular flexibility index (Phi) is 4.76. The summed E-state index contributed by atoms with van der Waals surface area (Å²) in [6, 6.07) is 7.69. The molecule has 1 aromatic carbocycles. The van der Waals surface area contributed by atoms with Crippen molar-refractivity contribution in [3.8, 4) is 0 Å². The summed E-state index contributed by atoms with van der Waals surface area (Å²) in [5, 5.41) is 3.21. The summed E-state index contributed by atoms with van der Waals surface area (Å²) < 4.78 is 13.5. The Hall–Kier alpha value is -1.13. The highest BCUT2D eigenvalue weighted by Gasteiger charge is 2.33. The molecule has 0 bridgehead atoms. The topological polar surface area (TPSA) is 18.5 Å². The lowest BCUT2D eigenvalue weighted by atomic mass is 9.84. The molecular formula is C17H26FN3. The van der Waals surface area contributed by atoms with Crippen LogP contribution in [0.2, 0.25) is 0 Å². The molecule has 0 aliphatic carbocycles. The maximum Gasteiger partial charge on any atom is 0.146 e. The second-order valence-corrected chi connectivity index (χ2v) is 6.45. The summed E-state index contributed by atoms with van der Waals surface area (Å²) in [4.78, 5) is 5.08. The van der Waals surface area contributed by atoms with Crippen LogP contribution in [-0.2, 0) is 0 Å². The molecule has 0 spiro atoms. The Balaban J connectivity index is 1.45. The Morgan fingerprint density at radius 1 is 1.24 bits per heavy atom. The first kappa shape index (κ1) is 14.8. The normalized spacial score (nSPS) is 27.3. The van der Waals surface area contributed by atoms with Gasteiger partial charge in [0.05, 0.1) is 5.69 Å². The molecule has 0 radical (unpaired) electrons. The molecule has 2 aliphatic rings. The fourth-order valence-corrected chi connectivity index (χ4v) is 3.88. The summed E-state index contributed by atoms with van der Waals surface area (Å²) in [5.74, 6) is 0.663. The van der Waals surface area contributed by atoms with Gasteiger partial charge in [0.1, 0.15) is 5.82 Å². The van der Waals surface area contributed by atoms with Gasteiger partial charge < -0.3 is 15.1 Å². The first-order valence-corrected chi connectivity index (χ1v) is 8.15. The van der Waals surface area contributed by atoms with Gasteiger partial charge in [0.2, 0.25) is 0 Å². The van der Waals surface area contributed by atoms with Gasteiger partial charge in [0.15, 0.2) is 0 Å². The minimum Gasteiger partial charge on any atom is -0.381 e. The lowest BCUT2D eigenvalue weighted by Crippen LogP contribution is -2.53. The second kappa shape index (κ2) is 6.75. The lowest BCUT2D eigenvalue weighted by molar-refractivity contribution is 0.0403. The van der Waals surface area contributed by atoms with Crippen molar-refractivity contribution < 1.29 is 4.39 Å². The van der Waals surface area contributed by atoms with E-state index in [-0.39, 0.29) is 5.82 Å². The Morgan fingerprint density at radius 3 is 2.95 bits per heavy atom. The quantitative estimate of drug-likeness (QED) is 0.920. The number of hydrogen-bond donors (Lipinski definition) is 1. The van der Waals surface area contributed by atoms with Crippen molar-refractivity contribution in [1.29, 1.82) is 0 Å². The van der Waals surface area contributed by atoms with Crippen molar-refractivity contribution in [2.24, 2.45) is 5.92 Å². The number of nitrogens with one attached hydrogen (secondary N) is 1. The second-order valence-electron chi connectivity index (χ2n) is 6.45. The van der Waals surface area contributed by atoms with Crippen molar-refractivity contribution in [2.45, 2.75) is 25.3 Å². The van der Waals surface area contributed by atoms with E-state index in [0.717, 1.165) is 25.0 Å². The molecule has 2 aliphatic heterocycles. The van der Waals surface area contributed by atoms with E-state index in [4.69, 9.17) is 0 Å². The zero-order chi connectivity index (χ0) is 14.7. The fraction of sp³-hybridized carbons (Fsp3) is 0.647. The van der Waals surface area contributed by atoms with Crippen LogP contribution in [0.3, 0.4) is 0 Å². The molecule has 0 amide bonds. The molecule has 2 fully saturated rings. The molecule has 0 saturated carbocycles. The van der Waals surface area contributed by atoms with E-state index in [2.05, 4.69) is 22.2 Å². The molecule has 2 heterocycles. The van der Waals surface area contributed by atoms with E-state index in [1.807, 2.05) is 6.07 Å². The van der Waals surface area contributed by atoms with Gasteiger partial charge >= 0.3 is 0 Å². The number of nitrogens with zero attached hydrogens (tertiary/aromatic N) is 2. The van der Waals surface area contributed by atoms with E-state index in [1.165, 1.54) is 45.0 Å². The van der Waals surface area contributed by atoms with Crippen molar-refractivity contribution in [2.75, 3.05) is 45.1 Å². The molecule has 1 N–H and O–H groups in total. The van der Waals surface area contributed by atoms with Crippen LogP contribution in [-0.4, -0.2) is 55.6 Å². The van der Waals surface area contributed by atoms with Crippen LogP contribution in [0.1, 0.15) is 19.3 Å². The number of para-hydroxylation sites is 1. The fourth-order valence-electron chi connectivity index (χ4n) is 3.88. The van der Waals surface area contributed by atoms with Crippen LogP contribution in [0.4, 0.5) is 10.1 Å². The molecule has 1 aromatic rings. The highest BCUT2D eigenvalue weighted by Crippen LogP contribution is 2.29. The van der Waals surface area contributed by atoms with Gasteiger partial charge in [0.25, 0.3) is 0 Å². The molecule has 4 heteroatoms. The van der Waals surface area contributed by atoms with E-state index in [9.17, 15) is 4.39 Å². The van der Waals surface area contributed by atoms with Crippen molar-refractivity contribution >= 4 is 5.69 Å². The summed E-state index contributed by atoms with van der Waals surface area (Å²) in [7, 11) is 2.27. The highest BCUT2D eigenvalue weighted by atomic mass is 19.1. The number of benzene rings is 1. The lowest BCUT2D eigenvalue weighted by Gasteiger charge is -2.46. The van der Waals surface area contributed by atoms with E-state index < -0.39 is 0 Å². The SMILES string of the molecule is CN1CCCC2CN(CCNc3ccccc3F)CCC21. The number of piperidine rings is 2. The Morgan fingerprint density at radius 2 is 2.10 bits per heavy atom. The number of rotatable bonds is 4. The highest BCUT2D eigenvalue weighted by molar-refractivity contribution is 5.44. The average Bonchev–Trinajstić information content (AvgIpc) is 2.49. The summed E-state index contributed by atoms with van der Waals surface area (Å²) in [6.07, 6.45) is 3.98.